The van der Waals surface area contributed by atoms with E-state index in [1.807, 2.05) is 0 Å². The Balaban J connectivity index is 2.39. The van der Waals surface area contributed by atoms with Crippen molar-refractivity contribution in [3.8, 4) is 12.3 Å². The molecule has 0 aromatic heterocycles. The van der Waals surface area contributed by atoms with Crippen molar-refractivity contribution >= 4 is 10.8 Å². The van der Waals surface area contributed by atoms with Crippen molar-refractivity contribution in [3.05, 3.63) is 47.5 Å². The van der Waals surface area contributed by atoms with Crippen LogP contribution in [-0.2, 0) is 11.3 Å². The predicted molar refractivity (Wildman–Crippen MR) is 76.5 cm³/mol. The van der Waals surface area contributed by atoms with Crippen LogP contribution >= 0.6 is 0 Å². The summed E-state index contributed by atoms with van der Waals surface area (Å²) in [7, 11) is 0. The SMILES string of the molecule is C#CCOCc1cccc2ccc(C(C)C)cc12. The molecule has 0 bridgehead atoms. The van der Waals surface area contributed by atoms with Crippen LogP contribution < -0.4 is 0 Å². The second-order valence-corrected chi connectivity index (χ2v) is 4.75. The van der Waals surface area contributed by atoms with Crippen molar-refractivity contribution in [1.29, 1.82) is 0 Å². The van der Waals surface area contributed by atoms with Gasteiger partial charge in [-0.25, -0.2) is 0 Å². The first-order valence-corrected chi connectivity index (χ1v) is 6.25. The van der Waals surface area contributed by atoms with Gasteiger partial charge in [0, 0.05) is 0 Å². The summed E-state index contributed by atoms with van der Waals surface area (Å²) in [6.45, 7) is 5.35. The molecule has 2 rings (SSSR count). The second-order valence-electron chi connectivity index (χ2n) is 4.75. The molecule has 0 heterocycles. The molecule has 1 heteroatoms. The minimum absolute atomic E-state index is 0.361. The van der Waals surface area contributed by atoms with E-state index in [4.69, 9.17) is 11.2 Å². The summed E-state index contributed by atoms with van der Waals surface area (Å²) in [6.07, 6.45) is 5.19. The summed E-state index contributed by atoms with van der Waals surface area (Å²) in [4.78, 5) is 0. The maximum absolute atomic E-state index is 5.44. The lowest BCUT2D eigenvalue weighted by molar-refractivity contribution is 0.154. The van der Waals surface area contributed by atoms with Crippen LogP contribution in [0.1, 0.15) is 30.9 Å². The van der Waals surface area contributed by atoms with Crippen LogP contribution in [0.25, 0.3) is 10.8 Å². The third-order valence-electron chi connectivity index (χ3n) is 3.11. The zero-order chi connectivity index (χ0) is 13.0. The van der Waals surface area contributed by atoms with Gasteiger partial charge in [-0.2, -0.15) is 0 Å². The Morgan fingerprint density at radius 3 is 2.78 bits per heavy atom. The van der Waals surface area contributed by atoms with E-state index in [2.05, 4.69) is 56.2 Å². The molecule has 92 valence electrons. The number of benzene rings is 2. The van der Waals surface area contributed by atoms with E-state index in [1.165, 1.54) is 21.9 Å². The zero-order valence-electron chi connectivity index (χ0n) is 10.9. The first-order chi connectivity index (χ1) is 8.72. The van der Waals surface area contributed by atoms with Gasteiger partial charge in [0.1, 0.15) is 6.61 Å². The van der Waals surface area contributed by atoms with E-state index < -0.39 is 0 Å². The summed E-state index contributed by atoms with van der Waals surface area (Å²) >= 11 is 0. The third kappa shape index (κ3) is 2.72. The fourth-order valence-electron chi connectivity index (χ4n) is 2.06. The molecule has 0 spiro atoms. The number of fused-ring (bicyclic) bond motifs is 1. The molecule has 0 saturated heterocycles. The van der Waals surface area contributed by atoms with Crippen molar-refractivity contribution in [1.82, 2.24) is 0 Å². The quantitative estimate of drug-likeness (QED) is 0.575. The van der Waals surface area contributed by atoms with Gasteiger partial charge in [0.15, 0.2) is 0 Å². The maximum Gasteiger partial charge on any atom is 0.107 e. The molecule has 0 atom stereocenters. The summed E-state index contributed by atoms with van der Waals surface area (Å²) in [5.41, 5.74) is 2.55. The highest BCUT2D eigenvalue weighted by Crippen LogP contribution is 2.24. The molecule has 0 radical (unpaired) electrons. The molecule has 0 amide bonds. The van der Waals surface area contributed by atoms with E-state index in [1.54, 1.807) is 0 Å². The van der Waals surface area contributed by atoms with Gasteiger partial charge in [-0.3, -0.25) is 0 Å². The maximum atomic E-state index is 5.44. The van der Waals surface area contributed by atoms with Crippen molar-refractivity contribution in [2.24, 2.45) is 0 Å². The number of terminal acetylenes is 1. The second kappa shape index (κ2) is 5.71. The monoisotopic (exact) mass is 238 g/mol. The topological polar surface area (TPSA) is 9.23 Å². The van der Waals surface area contributed by atoms with Crippen LogP contribution in [0.5, 0.6) is 0 Å². The van der Waals surface area contributed by atoms with Crippen molar-refractivity contribution < 1.29 is 4.74 Å². The lowest BCUT2D eigenvalue weighted by Gasteiger charge is -2.10. The Morgan fingerprint density at radius 2 is 2.06 bits per heavy atom. The van der Waals surface area contributed by atoms with Gasteiger partial charge in [0.05, 0.1) is 6.61 Å². The molecule has 0 fully saturated rings. The number of ether oxygens (including phenoxy) is 1. The fourth-order valence-corrected chi connectivity index (χ4v) is 2.06. The molecular formula is C17H18O. The molecule has 1 nitrogen and oxygen atoms in total. The number of rotatable bonds is 4. The van der Waals surface area contributed by atoms with Crippen molar-refractivity contribution in [3.63, 3.8) is 0 Å². The molecule has 18 heavy (non-hydrogen) atoms. The largest absolute Gasteiger partial charge is 0.364 e. The van der Waals surface area contributed by atoms with Gasteiger partial charge < -0.3 is 4.74 Å². The van der Waals surface area contributed by atoms with Gasteiger partial charge in [-0.1, -0.05) is 56.2 Å². The predicted octanol–water partition coefficient (Wildman–Crippen LogP) is 4.11. The first kappa shape index (κ1) is 12.7. The lowest BCUT2D eigenvalue weighted by atomic mass is 9.97. The van der Waals surface area contributed by atoms with Crippen molar-refractivity contribution in [2.75, 3.05) is 6.61 Å². The summed E-state index contributed by atoms with van der Waals surface area (Å²) < 4.78 is 5.44. The molecule has 0 aliphatic rings. The van der Waals surface area contributed by atoms with E-state index in [0.717, 1.165) is 0 Å². The smallest absolute Gasteiger partial charge is 0.107 e. The van der Waals surface area contributed by atoms with E-state index in [0.29, 0.717) is 19.1 Å². The van der Waals surface area contributed by atoms with Gasteiger partial charge in [-0.15, -0.1) is 6.42 Å². The van der Waals surface area contributed by atoms with Crippen LogP contribution in [0.2, 0.25) is 0 Å². The van der Waals surface area contributed by atoms with Crippen LogP contribution in [-0.4, -0.2) is 6.61 Å². The van der Waals surface area contributed by atoms with Crippen molar-refractivity contribution in [2.45, 2.75) is 26.4 Å². The average Bonchev–Trinajstić information content (AvgIpc) is 2.38. The molecule has 2 aromatic carbocycles. The molecule has 2 aromatic rings. The highest BCUT2D eigenvalue weighted by Gasteiger charge is 2.04. The Hall–Kier alpha value is -1.78. The normalized spacial score (nSPS) is 10.8. The highest BCUT2D eigenvalue weighted by molar-refractivity contribution is 5.86. The van der Waals surface area contributed by atoms with E-state index in [-0.39, 0.29) is 0 Å². The van der Waals surface area contributed by atoms with E-state index >= 15 is 0 Å². The van der Waals surface area contributed by atoms with Crippen LogP contribution in [0.4, 0.5) is 0 Å². The van der Waals surface area contributed by atoms with Crippen LogP contribution in [0.3, 0.4) is 0 Å². The molecule has 0 saturated carbocycles. The molecule has 0 unspecified atom stereocenters. The minimum Gasteiger partial charge on any atom is -0.364 e. The highest BCUT2D eigenvalue weighted by atomic mass is 16.5. The molecule has 0 N–H and O–H groups in total. The van der Waals surface area contributed by atoms with Crippen LogP contribution in [0, 0.1) is 12.3 Å². The molecular weight excluding hydrogens is 220 g/mol. The standard InChI is InChI=1S/C17H18O/c1-4-10-18-12-16-7-5-6-14-8-9-15(13(2)3)11-17(14)16/h1,5-9,11,13H,10,12H2,2-3H3. The molecule has 0 aliphatic heterocycles. The Morgan fingerprint density at radius 1 is 1.22 bits per heavy atom. The summed E-state index contributed by atoms with van der Waals surface area (Å²) in [5.74, 6) is 3.03. The van der Waals surface area contributed by atoms with Gasteiger partial charge in [0.2, 0.25) is 0 Å². The van der Waals surface area contributed by atoms with Gasteiger partial charge >= 0.3 is 0 Å². The fraction of sp³-hybridized carbons (Fsp3) is 0.294. The van der Waals surface area contributed by atoms with Gasteiger partial charge in [-0.05, 0) is 27.8 Å². The Kier molecular flexibility index (Phi) is 4.02. The average molecular weight is 238 g/mol. The van der Waals surface area contributed by atoms with Crippen LogP contribution in [0.15, 0.2) is 36.4 Å². The van der Waals surface area contributed by atoms with Gasteiger partial charge in [0.25, 0.3) is 0 Å². The van der Waals surface area contributed by atoms with E-state index in [9.17, 15) is 0 Å². The summed E-state index contributed by atoms with van der Waals surface area (Å²) in [5, 5.41) is 2.52. The zero-order valence-corrected chi connectivity index (χ0v) is 10.9. The lowest BCUT2D eigenvalue weighted by Crippen LogP contribution is -1.95. The third-order valence-corrected chi connectivity index (χ3v) is 3.11. The minimum atomic E-state index is 0.361. The Labute approximate surface area is 109 Å². The summed E-state index contributed by atoms with van der Waals surface area (Å²) in [6, 6.07) is 12.9. The first-order valence-electron chi connectivity index (χ1n) is 6.25. The Bertz CT molecular complexity index is 576. The number of hydrogen-bond acceptors (Lipinski definition) is 1. The molecule has 0 aliphatic carbocycles. The number of hydrogen-bond donors (Lipinski definition) is 0.